The minimum Gasteiger partial charge on any atom is -0.350 e. The van der Waals surface area contributed by atoms with E-state index >= 15 is 0 Å². The van der Waals surface area contributed by atoms with Gasteiger partial charge in [-0.05, 0) is 12.5 Å². The van der Waals surface area contributed by atoms with Crippen LogP contribution in [0.25, 0.3) is 0 Å². The second-order valence-electron chi connectivity index (χ2n) is 5.31. The predicted molar refractivity (Wildman–Crippen MR) is 75.1 cm³/mol. The Labute approximate surface area is 113 Å². The van der Waals surface area contributed by atoms with Crippen LogP contribution in [0, 0.1) is 6.92 Å². The highest BCUT2D eigenvalue weighted by Crippen LogP contribution is 2.21. The second kappa shape index (κ2) is 5.26. The van der Waals surface area contributed by atoms with Crippen LogP contribution < -0.4 is 5.32 Å². The summed E-state index contributed by atoms with van der Waals surface area (Å²) in [6.45, 7) is 6.63. The molecule has 0 aliphatic rings. The molecule has 100 valence electrons. The van der Waals surface area contributed by atoms with Gasteiger partial charge in [-0.25, -0.2) is 4.98 Å². The monoisotopic (exact) mass is 257 g/mol. The molecule has 4 nitrogen and oxygen atoms in total. The van der Waals surface area contributed by atoms with Gasteiger partial charge in [-0.15, -0.1) is 0 Å². The number of benzene rings is 1. The standard InChI is InChI=1S/C15H19N3O/c1-11-16-9-13(18-11)14(19)17-10-15(2,3)12-7-5-4-6-8-12/h4-9H,10H2,1-3H3,(H,16,18)(H,17,19). The van der Waals surface area contributed by atoms with E-state index in [2.05, 4.69) is 41.3 Å². The van der Waals surface area contributed by atoms with Crippen molar-refractivity contribution in [1.29, 1.82) is 0 Å². The topological polar surface area (TPSA) is 57.8 Å². The van der Waals surface area contributed by atoms with E-state index in [4.69, 9.17) is 0 Å². The summed E-state index contributed by atoms with van der Waals surface area (Å²) in [5.74, 6) is 0.622. The molecule has 0 saturated heterocycles. The van der Waals surface area contributed by atoms with Crippen molar-refractivity contribution in [3.63, 3.8) is 0 Å². The lowest BCUT2D eigenvalue weighted by Crippen LogP contribution is -2.36. The molecular weight excluding hydrogens is 238 g/mol. The number of carbonyl (C=O) groups excluding carboxylic acids is 1. The minimum absolute atomic E-state index is 0.105. The van der Waals surface area contributed by atoms with E-state index in [0.717, 1.165) is 5.82 Å². The van der Waals surface area contributed by atoms with Gasteiger partial charge in [-0.1, -0.05) is 44.2 Å². The molecule has 0 saturated carbocycles. The second-order valence-corrected chi connectivity index (χ2v) is 5.31. The van der Waals surface area contributed by atoms with Crippen LogP contribution in [0.1, 0.15) is 35.7 Å². The molecule has 1 amide bonds. The van der Waals surface area contributed by atoms with Gasteiger partial charge in [-0.3, -0.25) is 4.79 Å². The van der Waals surface area contributed by atoms with Crippen molar-refractivity contribution < 1.29 is 4.79 Å². The molecule has 0 radical (unpaired) electrons. The molecule has 19 heavy (non-hydrogen) atoms. The molecule has 0 unspecified atom stereocenters. The van der Waals surface area contributed by atoms with Gasteiger partial charge in [0.15, 0.2) is 0 Å². The fourth-order valence-corrected chi connectivity index (χ4v) is 1.92. The van der Waals surface area contributed by atoms with Crippen LogP contribution in [0.2, 0.25) is 0 Å². The van der Waals surface area contributed by atoms with E-state index in [0.29, 0.717) is 12.2 Å². The molecule has 1 heterocycles. The van der Waals surface area contributed by atoms with Crippen molar-refractivity contribution in [2.75, 3.05) is 6.54 Å². The molecule has 2 aromatic rings. The van der Waals surface area contributed by atoms with Crippen molar-refractivity contribution >= 4 is 5.91 Å². The SMILES string of the molecule is Cc1ncc(C(=O)NCC(C)(C)c2ccccc2)[nH]1. The maximum Gasteiger partial charge on any atom is 0.269 e. The summed E-state index contributed by atoms with van der Waals surface area (Å²) < 4.78 is 0. The third-order valence-electron chi connectivity index (χ3n) is 3.19. The molecule has 0 atom stereocenters. The van der Waals surface area contributed by atoms with E-state index in [9.17, 15) is 4.79 Å². The van der Waals surface area contributed by atoms with Gasteiger partial charge in [0.25, 0.3) is 5.91 Å². The smallest absolute Gasteiger partial charge is 0.269 e. The summed E-state index contributed by atoms with van der Waals surface area (Å²) in [4.78, 5) is 18.9. The number of amides is 1. The highest BCUT2D eigenvalue weighted by molar-refractivity contribution is 5.92. The van der Waals surface area contributed by atoms with Crippen LogP contribution >= 0.6 is 0 Å². The number of carbonyl (C=O) groups is 1. The number of nitrogens with one attached hydrogen (secondary N) is 2. The molecule has 0 fully saturated rings. The Bertz CT molecular complexity index is 558. The Hall–Kier alpha value is -2.10. The van der Waals surface area contributed by atoms with E-state index in [-0.39, 0.29) is 11.3 Å². The van der Waals surface area contributed by atoms with E-state index in [1.54, 1.807) is 6.20 Å². The zero-order valence-electron chi connectivity index (χ0n) is 11.5. The Morgan fingerprint density at radius 1 is 1.32 bits per heavy atom. The van der Waals surface area contributed by atoms with Crippen LogP contribution in [0.4, 0.5) is 0 Å². The van der Waals surface area contributed by atoms with Crippen molar-refractivity contribution in [2.45, 2.75) is 26.2 Å². The first-order valence-electron chi connectivity index (χ1n) is 6.34. The highest BCUT2D eigenvalue weighted by Gasteiger charge is 2.21. The Kier molecular flexibility index (Phi) is 3.69. The number of H-pyrrole nitrogens is 1. The molecular formula is C15H19N3O. The van der Waals surface area contributed by atoms with Crippen LogP contribution in [-0.4, -0.2) is 22.4 Å². The zero-order valence-corrected chi connectivity index (χ0v) is 11.5. The molecule has 0 bridgehead atoms. The van der Waals surface area contributed by atoms with Crippen molar-refractivity contribution in [3.05, 3.63) is 53.6 Å². The van der Waals surface area contributed by atoms with Crippen molar-refractivity contribution in [1.82, 2.24) is 15.3 Å². The van der Waals surface area contributed by atoms with Crippen molar-refractivity contribution in [2.24, 2.45) is 0 Å². The lowest BCUT2D eigenvalue weighted by Gasteiger charge is -2.25. The fourth-order valence-electron chi connectivity index (χ4n) is 1.92. The number of aryl methyl sites for hydroxylation is 1. The molecule has 1 aromatic heterocycles. The lowest BCUT2D eigenvalue weighted by atomic mass is 9.84. The normalized spacial score (nSPS) is 11.3. The highest BCUT2D eigenvalue weighted by atomic mass is 16.1. The van der Waals surface area contributed by atoms with Crippen LogP contribution in [0.3, 0.4) is 0 Å². The first kappa shape index (κ1) is 13.3. The Morgan fingerprint density at radius 3 is 2.58 bits per heavy atom. The quantitative estimate of drug-likeness (QED) is 0.883. The summed E-state index contributed by atoms with van der Waals surface area (Å²) in [6.07, 6.45) is 1.56. The summed E-state index contributed by atoms with van der Waals surface area (Å²) in [6, 6.07) is 10.2. The third kappa shape index (κ3) is 3.22. The first-order valence-corrected chi connectivity index (χ1v) is 6.34. The van der Waals surface area contributed by atoms with Crippen LogP contribution in [0.15, 0.2) is 36.5 Å². The van der Waals surface area contributed by atoms with E-state index < -0.39 is 0 Å². The molecule has 2 N–H and O–H groups in total. The van der Waals surface area contributed by atoms with Gasteiger partial charge in [0.1, 0.15) is 11.5 Å². The van der Waals surface area contributed by atoms with Gasteiger partial charge >= 0.3 is 0 Å². The Morgan fingerprint density at radius 2 is 2.00 bits per heavy atom. The van der Waals surface area contributed by atoms with Gasteiger partial charge in [0, 0.05) is 12.0 Å². The van der Waals surface area contributed by atoms with Gasteiger partial charge in [0.2, 0.25) is 0 Å². The molecule has 0 spiro atoms. The molecule has 1 aromatic carbocycles. The maximum atomic E-state index is 12.0. The average Bonchev–Trinajstić information content (AvgIpc) is 2.84. The number of hydrogen-bond acceptors (Lipinski definition) is 2. The number of aromatic nitrogens is 2. The lowest BCUT2D eigenvalue weighted by molar-refractivity contribution is 0.0941. The summed E-state index contributed by atoms with van der Waals surface area (Å²) >= 11 is 0. The third-order valence-corrected chi connectivity index (χ3v) is 3.19. The van der Waals surface area contributed by atoms with Gasteiger partial charge in [-0.2, -0.15) is 0 Å². The van der Waals surface area contributed by atoms with E-state index in [1.165, 1.54) is 5.56 Å². The number of aromatic amines is 1. The van der Waals surface area contributed by atoms with Crippen LogP contribution in [-0.2, 0) is 5.41 Å². The summed E-state index contributed by atoms with van der Waals surface area (Å²) in [5.41, 5.74) is 1.60. The van der Waals surface area contributed by atoms with Crippen molar-refractivity contribution in [3.8, 4) is 0 Å². The number of rotatable bonds is 4. The van der Waals surface area contributed by atoms with E-state index in [1.807, 2.05) is 25.1 Å². The first-order chi connectivity index (χ1) is 8.99. The van der Waals surface area contributed by atoms with Crippen LogP contribution in [0.5, 0.6) is 0 Å². The average molecular weight is 257 g/mol. The van der Waals surface area contributed by atoms with Gasteiger partial charge < -0.3 is 10.3 Å². The van der Waals surface area contributed by atoms with Gasteiger partial charge in [0.05, 0.1) is 6.20 Å². The minimum atomic E-state index is -0.121. The maximum absolute atomic E-state index is 12.0. The molecule has 0 aliphatic carbocycles. The molecule has 2 rings (SSSR count). The number of imidazole rings is 1. The molecule has 4 heteroatoms. The largest absolute Gasteiger partial charge is 0.350 e. The fraction of sp³-hybridized carbons (Fsp3) is 0.333. The summed E-state index contributed by atoms with van der Waals surface area (Å²) in [5, 5.41) is 2.94. The number of nitrogens with zero attached hydrogens (tertiary/aromatic N) is 1. The zero-order chi connectivity index (χ0) is 13.9. The Balaban J connectivity index is 2.00. The number of hydrogen-bond donors (Lipinski definition) is 2. The summed E-state index contributed by atoms with van der Waals surface area (Å²) in [7, 11) is 0. The molecule has 0 aliphatic heterocycles. The predicted octanol–water partition coefficient (Wildman–Crippen LogP) is 2.43.